The molecule has 19 heteroatoms. The second-order valence-corrected chi connectivity index (χ2v) is 25.7. The predicted octanol–water partition coefficient (Wildman–Crippen LogP) is 9.94. The molecule has 17 atom stereocenters. The highest BCUT2D eigenvalue weighted by atomic mass is 16.8. The van der Waals surface area contributed by atoms with Crippen molar-refractivity contribution in [3.05, 3.63) is 60.8 Å². The fraction of sp³-hybridized carbons (Fsp3) is 0.847. The lowest BCUT2D eigenvalue weighted by Crippen LogP contribution is -2.66. The lowest BCUT2D eigenvalue weighted by Gasteiger charge is -2.48. The quantitative estimate of drug-likeness (QED) is 0.0199. The van der Waals surface area contributed by atoms with Gasteiger partial charge in [-0.15, -0.1) is 0 Å². The van der Waals surface area contributed by atoms with Gasteiger partial charge in [0, 0.05) is 6.42 Å². The van der Waals surface area contributed by atoms with Gasteiger partial charge in [0.15, 0.2) is 18.9 Å². The third-order valence-corrected chi connectivity index (χ3v) is 17.9. The number of unbranched alkanes of at least 4 members (excludes halogenated alkanes) is 30. The minimum Gasteiger partial charge on any atom is -0.394 e. The van der Waals surface area contributed by atoms with Crippen LogP contribution in [0.25, 0.3) is 0 Å². The Bertz CT molecular complexity index is 1890. The summed E-state index contributed by atoms with van der Waals surface area (Å²) in [6.07, 6.45) is 39.3. The first-order valence-electron chi connectivity index (χ1n) is 36.0. The number of aliphatic hydroxyl groups is 11. The van der Waals surface area contributed by atoms with Crippen molar-refractivity contribution in [2.24, 2.45) is 0 Å². The fourth-order valence-electron chi connectivity index (χ4n) is 12.1. The van der Waals surface area contributed by atoms with Crippen molar-refractivity contribution in [2.75, 3.05) is 26.4 Å². The third-order valence-electron chi connectivity index (χ3n) is 17.9. The van der Waals surface area contributed by atoms with Crippen molar-refractivity contribution >= 4 is 5.91 Å². The maximum atomic E-state index is 13.3. The molecule has 17 unspecified atom stereocenters. The Morgan fingerprint density at radius 1 is 0.396 bits per heavy atom. The zero-order chi connectivity index (χ0) is 66.1. The van der Waals surface area contributed by atoms with E-state index < -0.39 is 124 Å². The van der Waals surface area contributed by atoms with E-state index in [1.807, 2.05) is 12.2 Å². The van der Waals surface area contributed by atoms with Crippen LogP contribution in [-0.2, 0) is 33.2 Å². The normalized spacial score (nSPS) is 28.2. The number of carbonyl (C=O) groups is 1. The fourth-order valence-corrected chi connectivity index (χ4v) is 12.1. The van der Waals surface area contributed by atoms with Gasteiger partial charge in [0.25, 0.3) is 0 Å². The van der Waals surface area contributed by atoms with Crippen molar-refractivity contribution in [2.45, 2.75) is 362 Å². The Kier molecular flexibility index (Phi) is 48.7. The highest BCUT2D eigenvalue weighted by Crippen LogP contribution is 2.33. The van der Waals surface area contributed by atoms with Crippen LogP contribution < -0.4 is 5.32 Å². The number of aliphatic hydroxyl groups excluding tert-OH is 11. The Hall–Kier alpha value is -2.51. The summed E-state index contributed by atoms with van der Waals surface area (Å²) < 4.78 is 34.3. The molecule has 3 aliphatic heterocycles. The predicted molar refractivity (Wildman–Crippen MR) is 355 cm³/mol. The van der Waals surface area contributed by atoms with E-state index in [0.29, 0.717) is 19.3 Å². The van der Waals surface area contributed by atoms with Gasteiger partial charge in [-0.25, -0.2) is 0 Å². The van der Waals surface area contributed by atoms with Crippen LogP contribution >= 0.6 is 0 Å². The number of carbonyl (C=O) groups excluding carboxylic acids is 1. The molecule has 3 fully saturated rings. The van der Waals surface area contributed by atoms with Crippen LogP contribution in [0.3, 0.4) is 0 Å². The lowest BCUT2D eigenvalue weighted by molar-refractivity contribution is -0.379. The van der Waals surface area contributed by atoms with Gasteiger partial charge in [0.1, 0.15) is 73.2 Å². The average molecular weight is 1300 g/mol. The molecule has 0 bridgehead atoms. The minimum atomic E-state index is -1.98. The molecule has 3 rings (SSSR count). The van der Waals surface area contributed by atoms with E-state index in [1.54, 1.807) is 6.08 Å². The number of hydrogen-bond donors (Lipinski definition) is 12. The summed E-state index contributed by atoms with van der Waals surface area (Å²) in [5, 5.41) is 121. The van der Waals surface area contributed by atoms with Gasteiger partial charge in [0.2, 0.25) is 5.91 Å². The Labute approximate surface area is 547 Å². The molecule has 3 aliphatic rings. The highest BCUT2D eigenvalue weighted by molar-refractivity contribution is 5.77. The summed E-state index contributed by atoms with van der Waals surface area (Å²) in [5.41, 5.74) is 0. The molecule has 530 valence electrons. The molecule has 0 saturated carbocycles. The van der Waals surface area contributed by atoms with Gasteiger partial charge in [-0.2, -0.15) is 0 Å². The van der Waals surface area contributed by atoms with Gasteiger partial charge in [0.05, 0.1) is 38.6 Å². The first-order valence-corrected chi connectivity index (χ1v) is 36.0. The van der Waals surface area contributed by atoms with Crippen molar-refractivity contribution in [1.82, 2.24) is 5.32 Å². The van der Waals surface area contributed by atoms with Gasteiger partial charge in [-0.1, -0.05) is 274 Å². The van der Waals surface area contributed by atoms with Crippen molar-refractivity contribution < 1.29 is 89.4 Å². The summed E-state index contributed by atoms with van der Waals surface area (Å²) in [5.74, 6) is -0.368. The molecule has 0 aromatic carbocycles. The van der Waals surface area contributed by atoms with Gasteiger partial charge < -0.3 is 89.9 Å². The van der Waals surface area contributed by atoms with Crippen LogP contribution in [0.2, 0.25) is 0 Å². The van der Waals surface area contributed by atoms with E-state index >= 15 is 0 Å². The van der Waals surface area contributed by atoms with Crippen LogP contribution in [0.5, 0.6) is 0 Å². The van der Waals surface area contributed by atoms with Crippen LogP contribution in [0.4, 0.5) is 0 Å². The number of rotatable bonds is 55. The standard InChI is InChI=1S/C72H129NO18/c1-3-5-7-9-11-13-15-17-19-20-21-22-23-24-25-26-27-28-29-30-31-32-33-34-36-37-39-41-43-45-47-49-56(77)55(73-60(78)50-48-46-44-42-40-38-35-18-16-14-12-10-8-6-4-2)54-86-70-66(84)63(81)68(58(52-75)88-70)91-72-67(85)64(82)69(59(53-76)89-72)90-71-65(83)62(80)61(79)57(51-74)87-71/h6,8,12,14,18,35,40,42,46,48,55-59,61-72,74-77,79-85H,3-5,7,9-11,13,15-17,19-34,36-39,41,43-45,47,49-54H2,1-2H3,(H,73,78)/b8-6-,14-12-,35-18-,42-40-,48-46-. The van der Waals surface area contributed by atoms with E-state index in [4.69, 9.17) is 28.4 Å². The molecule has 0 aliphatic carbocycles. The topological polar surface area (TPSA) is 307 Å². The van der Waals surface area contributed by atoms with Crippen LogP contribution in [0.1, 0.15) is 258 Å². The number of hydrogen-bond acceptors (Lipinski definition) is 18. The highest BCUT2D eigenvalue weighted by Gasteiger charge is 2.53. The number of allylic oxidation sites excluding steroid dienone is 9. The van der Waals surface area contributed by atoms with E-state index in [9.17, 15) is 61.0 Å². The number of ether oxygens (including phenoxy) is 6. The molecular weight excluding hydrogens is 1170 g/mol. The second-order valence-electron chi connectivity index (χ2n) is 25.7. The Morgan fingerprint density at radius 3 is 1.09 bits per heavy atom. The average Bonchev–Trinajstić information content (AvgIpc) is 0.883. The first-order chi connectivity index (χ1) is 44.3. The largest absolute Gasteiger partial charge is 0.394 e. The van der Waals surface area contributed by atoms with Crippen LogP contribution in [0, 0.1) is 0 Å². The number of amides is 1. The summed E-state index contributed by atoms with van der Waals surface area (Å²) >= 11 is 0. The van der Waals surface area contributed by atoms with Crippen molar-refractivity contribution in [1.29, 1.82) is 0 Å². The van der Waals surface area contributed by atoms with Gasteiger partial charge in [-0.05, 0) is 38.5 Å². The molecule has 3 saturated heterocycles. The molecule has 19 nitrogen and oxygen atoms in total. The molecular formula is C72H129NO18. The van der Waals surface area contributed by atoms with E-state index in [-0.39, 0.29) is 18.9 Å². The van der Waals surface area contributed by atoms with Crippen molar-refractivity contribution in [3.8, 4) is 0 Å². The number of nitrogens with one attached hydrogen (secondary N) is 1. The second kappa shape index (κ2) is 53.6. The molecule has 0 aromatic heterocycles. The Morgan fingerprint density at radius 2 is 0.714 bits per heavy atom. The zero-order valence-electron chi connectivity index (χ0n) is 56.1. The summed E-state index contributed by atoms with van der Waals surface area (Å²) in [6.45, 7) is 1.63. The van der Waals surface area contributed by atoms with Gasteiger partial charge >= 0.3 is 0 Å². The monoisotopic (exact) mass is 1300 g/mol. The van der Waals surface area contributed by atoms with Gasteiger partial charge in [-0.3, -0.25) is 4.79 Å². The van der Waals surface area contributed by atoms with E-state index in [0.717, 1.165) is 44.9 Å². The molecule has 3 heterocycles. The van der Waals surface area contributed by atoms with E-state index in [1.165, 1.54) is 173 Å². The minimum absolute atomic E-state index is 0.0326. The maximum absolute atomic E-state index is 13.3. The lowest BCUT2D eigenvalue weighted by atomic mass is 9.96. The van der Waals surface area contributed by atoms with E-state index in [2.05, 4.69) is 61.7 Å². The van der Waals surface area contributed by atoms with Crippen LogP contribution in [-0.4, -0.2) is 193 Å². The zero-order valence-corrected chi connectivity index (χ0v) is 56.1. The summed E-state index contributed by atoms with van der Waals surface area (Å²) in [7, 11) is 0. The van der Waals surface area contributed by atoms with Crippen LogP contribution in [0.15, 0.2) is 60.8 Å². The molecule has 1 amide bonds. The molecule has 12 N–H and O–H groups in total. The molecule has 0 radical (unpaired) electrons. The maximum Gasteiger partial charge on any atom is 0.224 e. The summed E-state index contributed by atoms with van der Waals surface area (Å²) in [4.78, 5) is 13.3. The molecule has 0 aromatic rings. The smallest absolute Gasteiger partial charge is 0.224 e. The first kappa shape index (κ1) is 82.7. The third kappa shape index (κ3) is 35.4. The Balaban J connectivity index is 1.39. The molecule has 0 spiro atoms. The SMILES string of the molecule is CC/C=C\C/C=C\C/C=C\C/C=C\C/C=C\CC(=O)NC(COC1OC(CO)C(OC2OC(CO)C(OC3OC(CO)C(O)C(O)C3O)C(O)C2O)C(O)C1O)C(O)CCCCCCCCCCCCCCCCCCCCCCCCCCCCCCCCC. The van der Waals surface area contributed by atoms with Crippen molar-refractivity contribution in [3.63, 3.8) is 0 Å². The summed E-state index contributed by atoms with van der Waals surface area (Å²) in [6, 6.07) is -0.945. The molecule has 91 heavy (non-hydrogen) atoms.